The Labute approximate surface area is 186 Å². The number of halogens is 1. The van der Waals surface area contributed by atoms with Crippen molar-refractivity contribution in [3.63, 3.8) is 0 Å². The van der Waals surface area contributed by atoms with Crippen molar-refractivity contribution in [2.24, 2.45) is 0 Å². The van der Waals surface area contributed by atoms with Gasteiger partial charge in [-0.1, -0.05) is 24.3 Å². The molecule has 1 aliphatic rings. The lowest BCUT2D eigenvalue weighted by atomic mass is 10.0. The number of aromatic nitrogens is 2. The monoisotopic (exact) mass is 428 g/mol. The van der Waals surface area contributed by atoms with Crippen LogP contribution in [0.2, 0.25) is 0 Å². The molecule has 0 unspecified atom stereocenters. The van der Waals surface area contributed by atoms with E-state index >= 15 is 0 Å². The summed E-state index contributed by atoms with van der Waals surface area (Å²) in [5.74, 6) is -0.229. The van der Waals surface area contributed by atoms with Gasteiger partial charge in [-0.25, -0.2) is 4.39 Å². The van der Waals surface area contributed by atoms with E-state index in [1.54, 1.807) is 19.2 Å². The molecule has 0 aliphatic carbocycles. The molecule has 1 N–H and O–H groups in total. The zero-order chi connectivity index (χ0) is 21.4. The summed E-state index contributed by atoms with van der Waals surface area (Å²) in [6, 6.07) is 25.0. The maximum Gasteiger partial charge on any atom is 0.174 e. The Morgan fingerprint density at radius 3 is 2.48 bits per heavy atom. The van der Waals surface area contributed by atoms with E-state index in [-0.39, 0.29) is 17.9 Å². The second-order valence-corrected chi connectivity index (χ2v) is 7.96. The first-order valence-corrected chi connectivity index (χ1v) is 10.5. The molecule has 0 bridgehead atoms. The van der Waals surface area contributed by atoms with Gasteiger partial charge in [0.1, 0.15) is 11.9 Å². The van der Waals surface area contributed by atoms with Crippen LogP contribution in [-0.4, -0.2) is 14.7 Å². The number of benzene rings is 2. The van der Waals surface area contributed by atoms with Crippen LogP contribution < -0.4 is 10.2 Å². The summed E-state index contributed by atoms with van der Waals surface area (Å²) in [6.07, 6.45) is 3.84. The number of anilines is 1. The number of nitrogens with zero attached hydrogens (tertiary/aromatic N) is 3. The van der Waals surface area contributed by atoms with Crippen LogP contribution in [0.25, 0.3) is 5.69 Å². The second-order valence-electron chi connectivity index (χ2n) is 7.57. The topological polar surface area (TPSA) is 33.1 Å². The first kappa shape index (κ1) is 19.5. The summed E-state index contributed by atoms with van der Waals surface area (Å²) in [7, 11) is 0. The lowest BCUT2D eigenvalue weighted by Crippen LogP contribution is -2.30. The number of nitrogens with one attached hydrogen (secondary N) is 1. The van der Waals surface area contributed by atoms with Crippen molar-refractivity contribution in [2.45, 2.75) is 19.0 Å². The van der Waals surface area contributed by atoms with Gasteiger partial charge in [0.05, 0.1) is 11.7 Å². The molecule has 0 amide bonds. The number of thiocarbonyl (C=S) groups is 1. The molecule has 1 fully saturated rings. The zero-order valence-electron chi connectivity index (χ0n) is 16.9. The van der Waals surface area contributed by atoms with E-state index < -0.39 is 0 Å². The third-order valence-electron chi connectivity index (χ3n) is 5.64. The van der Waals surface area contributed by atoms with E-state index in [0.717, 1.165) is 22.8 Å². The molecule has 4 aromatic rings. The van der Waals surface area contributed by atoms with Crippen molar-refractivity contribution in [1.82, 2.24) is 14.9 Å². The molecule has 0 spiro atoms. The molecule has 2 aromatic carbocycles. The van der Waals surface area contributed by atoms with Crippen molar-refractivity contribution in [1.29, 1.82) is 0 Å². The largest absolute Gasteiger partial charge is 0.351 e. The van der Waals surface area contributed by atoms with Crippen molar-refractivity contribution >= 4 is 23.0 Å². The van der Waals surface area contributed by atoms with Gasteiger partial charge in [0.2, 0.25) is 0 Å². The molecule has 4 nitrogen and oxygen atoms in total. The maximum absolute atomic E-state index is 14.0. The van der Waals surface area contributed by atoms with Gasteiger partial charge >= 0.3 is 0 Å². The van der Waals surface area contributed by atoms with Gasteiger partial charge in [-0.05, 0) is 79.3 Å². The van der Waals surface area contributed by atoms with Crippen LogP contribution in [0.4, 0.5) is 10.1 Å². The highest BCUT2D eigenvalue weighted by molar-refractivity contribution is 7.80. The molecule has 1 aliphatic heterocycles. The van der Waals surface area contributed by atoms with Gasteiger partial charge in [-0.3, -0.25) is 4.98 Å². The smallest absolute Gasteiger partial charge is 0.174 e. The van der Waals surface area contributed by atoms with Gasteiger partial charge < -0.3 is 14.8 Å². The van der Waals surface area contributed by atoms with Crippen molar-refractivity contribution in [2.75, 3.05) is 4.90 Å². The van der Waals surface area contributed by atoms with Crippen LogP contribution in [-0.2, 0) is 0 Å². The Balaban J connectivity index is 1.68. The Morgan fingerprint density at radius 2 is 1.74 bits per heavy atom. The number of hydrogen-bond donors (Lipinski definition) is 1. The molecular weight excluding hydrogens is 407 g/mol. The Morgan fingerprint density at radius 1 is 0.935 bits per heavy atom. The van der Waals surface area contributed by atoms with E-state index in [1.807, 2.05) is 48.5 Å². The highest BCUT2D eigenvalue weighted by atomic mass is 32.1. The molecule has 2 aromatic heterocycles. The summed E-state index contributed by atoms with van der Waals surface area (Å²) in [4.78, 5) is 6.66. The van der Waals surface area contributed by atoms with Gasteiger partial charge in [0.25, 0.3) is 0 Å². The van der Waals surface area contributed by atoms with Gasteiger partial charge in [-0.2, -0.15) is 0 Å². The molecule has 2 atom stereocenters. The average Bonchev–Trinajstić information content (AvgIpc) is 3.41. The standard InChI is InChI=1S/C25H21FN4S/c1-17-16-19(12-13-20(17)26)30-24(23(28-25(30)31)21-10-5-6-14-27-21)22-11-7-15-29(22)18-8-3-2-4-9-18/h2-16,23-24H,1H3,(H,28,31)/t23-,24-/m0/s1. The second kappa shape index (κ2) is 7.96. The molecule has 0 saturated carbocycles. The average molecular weight is 429 g/mol. The summed E-state index contributed by atoms with van der Waals surface area (Å²) in [5.41, 5.74) is 4.46. The fraction of sp³-hybridized carbons (Fsp3) is 0.120. The van der Waals surface area contributed by atoms with Crippen LogP contribution in [0.15, 0.2) is 91.3 Å². The van der Waals surface area contributed by atoms with Crippen molar-refractivity contribution in [3.05, 3.63) is 114 Å². The van der Waals surface area contributed by atoms with E-state index in [0.29, 0.717) is 10.7 Å². The third-order valence-corrected chi connectivity index (χ3v) is 5.95. The minimum absolute atomic E-state index is 0.156. The van der Waals surface area contributed by atoms with Gasteiger partial charge in [0.15, 0.2) is 5.11 Å². The van der Waals surface area contributed by atoms with Crippen LogP contribution >= 0.6 is 12.2 Å². The highest BCUT2D eigenvalue weighted by Gasteiger charge is 2.42. The fourth-order valence-electron chi connectivity index (χ4n) is 4.17. The molecule has 31 heavy (non-hydrogen) atoms. The Bertz CT molecular complexity index is 1220. The summed E-state index contributed by atoms with van der Waals surface area (Å²) >= 11 is 5.77. The molecule has 5 rings (SSSR count). The van der Waals surface area contributed by atoms with E-state index in [2.05, 4.69) is 44.2 Å². The first-order valence-electron chi connectivity index (χ1n) is 10.1. The quantitative estimate of drug-likeness (QED) is 0.435. The predicted octanol–water partition coefficient (Wildman–Crippen LogP) is 5.50. The van der Waals surface area contributed by atoms with E-state index in [1.165, 1.54) is 6.07 Å². The van der Waals surface area contributed by atoms with Gasteiger partial charge in [-0.15, -0.1) is 0 Å². The zero-order valence-corrected chi connectivity index (χ0v) is 17.8. The molecule has 1 saturated heterocycles. The van der Waals surface area contributed by atoms with Crippen LogP contribution in [0.3, 0.4) is 0 Å². The fourth-order valence-corrected chi connectivity index (χ4v) is 4.52. The van der Waals surface area contributed by atoms with Crippen LogP contribution in [0, 0.1) is 12.7 Å². The molecule has 154 valence electrons. The summed E-state index contributed by atoms with van der Waals surface area (Å²) in [6.45, 7) is 1.77. The predicted molar refractivity (Wildman–Crippen MR) is 125 cm³/mol. The number of aryl methyl sites for hydroxylation is 1. The maximum atomic E-state index is 14.0. The SMILES string of the molecule is Cc1cc(N2C(=S)N[C@@H](c3ccccn3)[C@@H]2c2cccn2-c2ccccc2)ccc1F. The van der Waals surface area contributed by atoms with E-state index in [9.17, 15) is 4.39 Å². The Kier molecular flexibility index (Phi) is 5.00. The minimum Gasteiger partial charge on any atom is -0.351 e. The first-order chi connectivity index (χ1) is 15.1. The van der Waals surface area contributed by atoms with Crippen molar-refractivity contribution in [3.8, 4) is 5.69 Å². The van der Waals surface area contributed by atoms with Crippen molar-refractivity contribution < 1.29 is 4.39 Å². The molecular formula is C25H21FN4S. The lowest BCUT2D eigenvalue weighted by molar-refractivity contribution is 0.549. The molecule has 6 heteroatoms. The van der Waals surface area contributed by atoms with Crippen LogP contribution in [0.5, 0.6) is 0 Å². The third kappa shape index (κ3) is 3.49. The van der Waals surface area contributed by atoms with Gasteiger partial charge in [0, 0.05) is 29.5 Å². The normalized spacial score (nSPS) is 18.3. The minimum atomic E-state index is -0.229. The Hall–Kier alpha value is -3.51. The highest BCUT2D eigenvalue weighted by Crippen LogP contribution is 2.42. The van der Waals surface area contributed by atoms with E-state index in [4.69, 9.17) is 12.2 Å². The number of pyridine rings is 1. The molecule has 0 radical (unpaired) electrons. The summed E-state index contributed by atoms with van der Waals surface area (Å²) < 4.78 is 16.2. The lowest BCUT2D eigenvalue weighted by Gasteiger charge is -2.29. The molecule has 3 heterocycles. The number of para-hydroxylation sites is 1. The summed E-state index contributed by atoms with van der Waals surface area (Å²) in [5, 5.41) is 4.05. The van der Waals surface area contributed by atoms with Crippen LogP contribution in [0.1, 0.15) is 29.0 Å². The number of rotatable bonds is 4. The number of hydrogen-bond acceptors (Lipinski definition) is 2.